The summed E-state index contributed by atoms with van der Waals surface area (Å²) in [5.74, 6) is 1.59. The maximum atomic E-state index is 6.28. The number of nitrogens with zero attached hydrogens (tertiary/aromatic N) is 2. The molecule has 0 aliphatic carbocycles. The van der Waals surface area contributed by atoms with Crippen LogP contribution >= 0.6 is 0 Å². The molecule has 0 unspecified atom stereocenters. The second-order valence-electron chi connectivity index (χ2n) is 7.25. The van der Waals surface area contributed by atoms with E-state index in [4.69, 9.17) is 9.84 Å². The van der Waals surface area contributed by atoms with Crippen LogP contribution in [0.5, 0.6) is 5.75 Å². The van der Waals surface area contributed by atoms with Crippen molar-refractivity contribution in [3.8, 4) is 5.75 Å². The third kappa shape index (κ3) is 2.68. The molecule has 2 aliphatic rings. The van der Waals surface area contributed by atoms with Crippen molar-refractivity contribution in [2.45, 2.75) is 45.9 Å². The fourth-order valence-electron chi connectivity index (χ4n) is 3.59. The average Bonchev–Trinajstić information content (AvgIpc) is 3.01. The lowest BCUT2D eigenvalue weighted by Crippen LogP contribution is -2.41. The third-order valence-corrected chi connectivity index (χ3v) is 4.84. The van der Waals surface area contributed by atoms with Crippen molar-refractivity contribution in [2.24, 2.45) is 11.0 Å². The van der Waals surface area contributed by atoms with E-state index >= 15 is 0 Å². The molecule has 3 nitrogen and oxygen atoms in total. The second kappa shape index (κ2) is 5.97. The smallest absolute Gasteiger partial charge is 0.188 e. The van der Waals surface area contributed by atoms with Gasteiger partial charge in [-0.1, -0.05) is 61.9 Å². The van der Waals surface area contributed by atoms with Crippen LogP contribution in [0, 0.1) is 12.8 Å². The number of hydrogen-bond donors (Lipinski definition) is 0. The Bertz CT molecular complexity index is 764. The first-order valence-electron chi connectivity index (χ1n) is 8.80. The topological polar surface area (TPSA) is 24.8 Å². The van der Waals surface area contributed by atoms with Gasteiger partial charge in [-0.25, -0.2) is 0 Å². The quantitative estimate of drug-likeness (QED) is 0.802. The number of fused-ring (bicyclic) bond motifs is 3. The molecule has 2 atom stereocenters. The normalized spacial score (nSPS) is 22.0. The van der Waals surface area contributed by atoms with Gasteiger partial charge in [0.05, 0.1) is 11.8 Å². The molecule has 2 heterocycles. The summed E-state index contributed by atoms with van der Waals surface area (Å²) in [7, 11) is 0. The van der Waals surface area contributed by atoms with Crippen LogP contribution in [-0.2, 0) is 0 Å². The largest absolute Gasteiger partial charge is 0.469 e. The van der Waals surface area contributed by atoms with E-state index in [1.807, 2.05) is 0 Å². The highest BCUT2D eigenvalue weighted by Gasteiger charge is 2.40. The van der Waals surface area contributed by atoms with Crippen molar-refractivity contribution in [1.29, 1.82) is 0 Å². The Morgan fingerprint density at radius 3 is 2.62 bits per heavy atom. The number of hydrazone groups is 1. The van der Waals surface area contributed by atoms with Crippen molar-refractivity contribution in [2.75, 3.05) is 0 Å². The number of ether oxygens (including phenoxy) is 1. The zero-order valence-corrected chi connectivity index (χ0v) is 14.6. The summed E-state index contributed by atoms with van der Waals surface area (Å²) in [4.78, 5) is 0. The minimum Gasteiger partial charge on any atom is -0.469 e. The molecular weight excluding hydrogens is 296 g/mol. The highest BCUT2D eigenvalue weighted by molar-refractivity contribution is 6.02. The number of hydrogen-bond acceptors (Lipinski definition) is 3. The first kappa shape index (κ1) is 15.3. The standard InChI is InChI=1S/C21H24N2O/c1-14(2)12-21-23-19(17-6-4-5-7-20(17)24-21)13-18(22-23)16-10-8-15(3)9-11-16/h4-11,14,19,21H,12-13H2,1-3H3/t19-,21-/m0/s1. The summed E-state index contributed by atoms with van der Waals surface area (Å²) < 4.78 is 6.28. The van der Waals surface area contributed by atoms with Gasteiger partial charge in [0.25, 0.3) is 0 Å². The van der Waals surface area contributed by atoms with Gasteiger partial charge >= 0.3 is 0 Å². The lowest BCUT2D eigenvalue weighted by Gasteiger charge is -2.38. The molecular formula is C21H24N2O. The van der Waals surface area contributed by atoms with Crippen LogP contribution in [0.1, 0.15) is 49.4 Å². The number of rotatable bonds is 3. The van der Waals surface area contributed by atoms with Gasteiger partial charge < -0.3 is 4.74 Å². The van der Waals surface area contributed by atoms with Crippen LogP contribution in [0.4, 0.5) is 0 Å². The molecule has 0 amide bonds. The molecule has 3 heteroatoms. The lowest BCUT2D eigenvalue weighted by atomic mass is 9.95. The van der Waals surface area contributed by atoms with Crippen molar-refractivity contribution < 1.29 is 4.74 Å². The Morgan fingerprint density at radius 1 is 1.12 bits per heavy atom. The zero-order valence-electron chi connectivity index (χ0n) is 14.6. The van der Waals surface area contributed by atoms with E-state index in [1.54, 1.807) is 0 Å². The number of benzene rings is 2. The number of para-hydroxylation sites is 1. The van der Waals surface area contributed by atoms with Crippen LogP contribution in [0.15, 0.2) is 53.6 Å². The van der Waals surface area contributed by atoms with Gasteiger partial charge in [0.15, 0.2) is 6.23 Å². The van der Waals surface area contributed by atoms with Crippen LogP contribution in [-0.4, -0.2) is 16.9 Å². The lowest BCUT2D eigenvalue weighted by molar-refractivity contribution is -0.0291. The van der Waals surface area contributed by atoms with Crippen LogP contribution in [0.2, 0.25) is 0 Å². The monoisotopic (exact) mass is 320 g/mol. The summed E-state index contributed by atoms with van der Waals surface area (Å²) in [6.45, 7) is 6.59. The predicted molar refractivity (Wildman–Crippen MR) is 97.2 cm³/mol. The number of aryl methyl sites for hydroxylation is 1. The molecule has 2 aliphatic heterocycles. The molecule has 0 saturated heterocycles. The Morgan fingerprint density at radius 2 is 1.88 bits per heavy atom. The van der Waals surface area contributed by atoms with Gasteiger partial charge in [-0.05, 0) is 24.5 Å². The molecule has 0 fully saturated rings. The van der Waals surface area contributed by atoms with Crippen molar-refractivity contribution in [1.82, 2.24) is 5.01 Å². The highest BCUT2D eigenvalue weighted by Crippen LogP contribution is 2.43. The van der Waals surface area contributed by atoms with Crippen molar-refractivity contribution in [3.05, 3.63) is 65.2 Å². The average molecular weight is 320 g/mol. The Labute approximate surface area is 144 Å². The van der Waals surface area contributed by atoms with Gasteiger partial charge in [0, 0.05) is 18.4 Å². The second-order valence-corrected chi connectivity index (χ2v) is 7.25. The molecule has 0 bridgehead atoms. The highest BCUT2D eigenvalue weighted by atomic mass is 16.5. The van der Waals surface area contributed by atoms with Crippen molar-refractivity contribution in [3.63, 3.8) is 0 Å². The van der Waals surface area contributed by atoms with Gasteiger partial charge in [0.1, 0.15) is 5.75 Å². The van der Waals surface area contributed by atoms with E-state index in [1.165, 1.54) is 16.7 Å². The summed E-state index contributed by atoms with van der Waals surface area (Å²) in [5, 5.41) is 7.16. The van der Waals surface area contributed by atoms with Gasteiger partial charge in [-0.15, -0.1) is 0 Å². The van der Waals surface area contributed by atoms with Crippen LogP contribution in [0.25, 0.3) is 0 Å². The fourth-order valence-corrected chi connectivity index (χ4v) is 3.59. The van der Waals surface area contributed by atoms with Crippen LogP contribution < -0.4 is 4.74 Å². The van der Waals surface area contributed by atoms with Gasteiger partial charge in [-0.2, -0.15) is 5.10 Å². The first-order chi connectivity index (χ1) is 11.6. The van der Waals surface area contributed by atoms with E-state index in [-0.39, 0.29) is 12.3 Å². The Kier molecular flexibility index (Phi) is 3.79. The predicted octanol–water partition coefficient (Wildman–Crippen LogP) is 4.91. The Hall–Kier alpha value is -2.29. The van der Waals surface area contributed by atoms with E-state index in [9.17, 15) is 0 Å². The van der Waals surface area contributed by atoms with Gasteiger partial charge in [0.2, 0.25) is 0 Å². The summed E-state index contributed by atoms with van der Waals surface area (Å²) in [6.07, 6.45) is 1.95. The minimum atomic E-state index is 0.0212. The zero-order chi connectivity index (χ0) is 16.7. The van der Waals surface area contributed by atoms with Gasteiger partial charge in [-0.3, -0.25) is 5.01 Å². The van der Waals surface area contributed by atoms with E-state index in [0.717, 1.165) is 24.3 Å². The van der Waals surface area contributed by atoms with Crippen LogP contribution in [0.3, 0.4) is 0 Å². The SMILES string of the molecule is Cc1ccc(C2=NN3[C@H](CC(C)C)Oc4ccccc4[C@@H]3C2)cc1. The minimum absolute atomic E-state index is 0.0212. The Balaban J connectivity index is 1.70. The summed E-state index contributed by atoms with van der Waals surface area (Å²) >= 11 is 0. The molecule has 0 aromatic heterocycles. The summed E-state index contributed by atoms with van der Waals surface area (Å²) in [6, 6.07) is 17.4. The molecule has 0 saturated carbocycles. The van der Waals surface area contributed by atoms with E-state index < -0.39 is 0 Å². The molecule has 0 spiro atoms. The molecule has 2 aromatic carbocycles. The van der Waals surface area contributed by atoms with E-state index in [2.05, 4.69) is 74.3 Å². The van der Waals surface area contributed by atoms with E-state index in [0.29, 0.717) is 5.92 Å². The fraction of sp³-hybridized carbons (Fsp3) is 0.381. The molecule has 0 radical (unpaired) electrons. The summed E-state index contributed by atoms with van der Waals surface area (Å²) in [5.41, 5.74) is 4.91. The first-order valence-corrected chi connectivity index (χ1v) is 8.80. The maximum absolute atomic E-state index is 6.28. The molecule has 4 rings (SSSR count). The molecule has 24 heavy (non-hydrogen) atoms. The third-order valence-electron chi connectivity index (χ3n) is 4.84. The molecule has 2 aromatic rings. The van der Waals surface area contributed by atoms with Crippen molar-refractivity contribution >= 4 is 5.71 Å². The molecule has 0 N–H and O–H groups in total. The molecule has 124 valence electrons. The maximum Gasteiger partial charge on any atom is 0.188 e.